The van der Waals surface area contributed by atoms with Crippen LogP contribution in [0.1, 0.15) is 33.1 Å². The molecule has 0 heterocycles. The van der Waals surface area contributed by atoms with Crippen LogP contribution in [0.2, 0.25) is 0 Å². The van der Waals surface area contributed by atoms with Crippen molar-refractivity contribution in [2.75, 3.05) is 6.61 Å². The van der Waals surface area contributed by atoms with Gasteiger partial charge in [0.15, 0.2) is 11.6 Å². The van der Waals surface area contributed by atoms with E-state index in [1.807, 2.05) is 0 Å². The second-order valence-corrected chi connectivity index (χ2v) is 4.47. The average Bonchev–Trinajstić information content (AvgIpc) is 2.37. The highest BCUT2D eigenvalue weighted by Gasteiger charge is 2.34. The molecule has 0 atom stereocenters. The van der Waals surface area contributed by atoms with Gasteiger partial charge in [0.25, 0.3) is 0 Å². The van der Waals surface area contributed by atoms with Crippen LogP contribution in [0.25, 0.3) is 0 Å². The number of ether oxygens (including phenoxy) is 1. The Kier molecular flexibility index (Phi) is 5.27. The van der Waals surface area contributed by atoms with Crippen LogP contribution in [-0.2, 0) is 4.79 Å². The van der Waals surface area contributed by atoms with Gasteiger partial charge >= 0.3 is 5.97 Å². The fraction of sp³-hybridized carbons (Fsp3) is 0.500. The third kappa shape index (κ3) is 3.66. The van der Waals surface area contributed by atoms with Crippen molar-refractivity contribution >= 4 is 5.97 Å². The second-order valence-electron chi connectivity index (χ2n) is 4.47. The number of rotatable bonds is 7. The Balaban J connectivity index is 2.64. The molecule has 1 N–H and O–H groups in total. The first-order chi connectivity index (χ1) is 8.95. The van der Waals surface area contributed by atoms with Gasteiger partial charge in [0.05, 0.1) is 12.0 Å². The molecule has 0 fully saturated rings. The van der Waals surface area contributed by atoms with E-state index in [1.165, 1.54) is 6.07 Å². The summed E-state index contributed by atoms with van der Waals surface area (Å²) in [6.07, 6.45) is 1.24. The summed E-state index contributed by atoms with van der Waals surface area (Å²) in [5, 5.41) is 9.23. The molecule has 1 rings (SSSR count). The number of halogens is 2. The fourth-order valence-electron chi connectivity index (χ4n) is 1.96. The molecular weight excluding hydrogens is 254 g/mol. The van der Waals surface area contributed by atoms with Crippen molar-refractivity contribution in [2.24, 2.45) is 5.41 Å². The molecule has 0 radical (unpaired) electrons. The standard InChI is InChI=1S/C14H18F2O3/c1-3-14(4-2,13(17)18)7-8-19-12-6-5-10(15)9-11(12)16/h5-6,9H,3-4,7-8H2,1-2H3,(H,17,18). The van der Waals surface area contributed by atoms with Crippen LogP contribution in [0, 0.1) is 17.0 Å². The van der Waals surface area contributed by atoms with Gasteiger partial charge in [0, 0.05) is 6.07 Å². The molecule has 0 saturated heterocycles. The highest BCUT2D eigenvalue weighted by atomic mass is 19.1. The van der Waals surface area contributed by atoms with Crippen LogP contribution in [0.15, 0.2) is 18.2 Å². The second kappa shape index (κ2) is 6.50. The zero-order valence-electron chi connectivity index (χ0n) is 11.1. The van der Waals surface area contributed by atoms with Crippen molar-refractivity contribution in [3.05, 3.63) is 29.8 Å². The van der Waals surface area contributed by atoms with Crippen molar-refractivity contribution < 1.29 is 23.4 Å². The molecule has 0 amide bonds. The molecule has 0 aromatic heterocycles. The van der Waals surface area contributed by atoms with Crippen LogP contribution in [-0.4, -0.2) is 17.7 Å². The first kappa shape index (κ1) is 15.4. The number of hydrogen-bond donors (Lipinski definition) is 1. The van der Waals surface area contributed by atoms with Crippen LogP contribution in [0.5, 0.6) is 5.75 Å². The Morgan fingerprint density at radius 1 is 1.32 bits per heavy atom. The normalized spacial score (nSPS) is 11.4. The van der Waals surface area contributed by atoms with E-state index >= 15 is 0 Å². The molecule has 3 nitrogen and oxygen atoms in total. The summed E-state index contributed by atoms with van der Waals surface area (Å²) in [5.41, 5.74) is -0.851. The predicted octanol–water partition coefficient (Wildman–Crippen LogP) is 3.62. The van der Waals surface area contributed by atoms with Gasteiger partial charge in [-0.2, -0.15) is 0 Å². The van der Waals surface area contributed by atoms with Gasteiger partial charge in [-0.25, -0.2) is 8.78 Å². The molecule has 0 bridgehead atoms. The van der Waals surface area contributed by atoms with E-state index in [0.717, 1.165) is 12.1 Å². The van der Waals surface area contributed by atoms with Gasteiger partial charge < -0.3 is 9.84 Å². The van der Waals surface area contributed by atoms with Crippen molar-refractivity contribution in [1.82, 2.24) is 0 Å². The minimum atomic E-state index is -0.874. The molecular formula is C14H18F2O3. The first-order valence-electron chi connectivity index (χ1n) is 6.26. The molecule has 106 valence electrons. The van der Waals surface area contributed by atoms with E-state index < -0.39 is 23.0 Å². The lowest BCUT2D eigenvalue weighted by molar-refractivity contribution is -0.150. The summed E-state index contributed by atoms with van der Waals surface area (Å²) in [6, 6.07) is 3.03. The first-order valence-corrected chi connectivity index (χ1v) is 6.26. The average molecular weight is 272 g/mol. The van der Waals surface area contributed by atoms with Gasteiger partial charge in [0.2, 0.25) is 0 Å². The number of carbonyl (C=O) groups is 1. The minimum absolute atomic E-state index is 0.0621. The van der Waals surface area contributed by atoms with E-state index in [2.05, 4.69) is 0 Å². The maximum atomic E-state index is 13.3. The molecule has 0 aliphatic carbocycles. The lowest BCUT2D eigenvalue weighted by Crippen LogP contribution is -2.31. The summed E-state index contributed by atoms with van der Waals surface area (Å²) in [4.78, 5) is 11.3. The van der Waals surface area contributed by atoms with Crippen LogP contribution >= 0.6 is 0 Å². The van der Waals surface area contributed by atoms with Gasteiger partial charge in [0.1, 0.15) is 5.82 Å². The number of carboxylic acids is 1. The minimum Gasteiger partial charge on any atom is -0.490 e. The summed E-state index contributed by atoms with van der Waals surface area (Å²) in [5.74, 6) is -2.39. The largest absolute Gasteiger partial charge is 0.490 e. The quantitative estimate of drug-likeness (QED) is 0.824. The van der Waals surface area contributed by atoms with Crippen molar-refractivity contribution in [3.8, 4) is 5.75 Å². The zero-order valence-corrected chi connectivity index (χ0v) is 11.1. The lowest BCUT2D eigenvalue weighted by Gasteiger charge is -2.26. The maximum Gasteiger partial charge on any atom is 0.309 e. The molecule has 0 saturated carbocycles. The maximum absolute atomic E-state index is 13.3. The topological polar surface area (TPSA) is 46.5 Å². The van der Waals surface area contributed by atoms with Gasteiger partial charge in [-0.1, -0.05) is 13.8 Å². The Labute approximate surface area is 111 Å². The smallest absolute Gasteiger partial charge is 0.309 e. The fourth-order valence-corrected chi connectivity index (χ4v) is 1.96. The monoisotopic (exact) mass is 272 g/mol. The summed E-state index contributed by atoms with van der Waals surface area (Å²) in [7, 11) is 0. The van der Waals surface area contributed by atoms with Crippen molar-refractivity contribution in [3.63, 3.8) is 0 Å². The lowest BCUT2D eigenvalue weighted by atomic mass is 9.79. The number of carboxylic acid groups (broad SMARTS) is 1. The van der Waals surface area contributed by atoms with E-state index in [-0.39, 0.29) is 18.8 Å². The molecule has 19 heavy (non-hydrogen) atoms. The van der Waals surface area contributed by atoms with Gasteiger partial charge in [-0.05, 0) is 31.4 Å². The molecule has 0 unspecified atom stereocenters. The molecule has 5 heteroatoms. The highest BCUT2D eigenvalue weighted by Crippen LogP contribution is 2.31. The van der Waals surface area contributed by atoms with Crippen LogP contribution in [0.4, 0.5) is 8.78 Å². The SMILES string of the molecule is CCC(CC)(CCOc1ccc(F)cc1F)C(=O)O. The molecule has 1 aromatic carbocycles. The van der Waals surface area contributed by atoms with E-state index in [1.54, 1.807) is 13.8 Å². The molecule has 0 aliphatic heterocycles. The summed E-state index contributed by atoms with van der Waals surface area (Å²) in [6.45, 7) is 3.68. The highest BCUT2D eigenvalue weighted by molar-refractivity contribution is 5.74. The van der Waals surface area contributed by atoms with E-state index in [0.29, 0.717) is 12.8 Å². The van der Waals surface area contributed by atoms with Gasteiger partial charge in [-0.15, -0.1) is 0 Å². The summed E-state index contributed by atoms with van der Waals surface area (Å²) < 4.78 is 31.2. The third-order valence-electron chi connectivity index (χ3n) is 3.54. The van der Waals surface area contributed by atoms with Crippen LogP contribution in [0.3, 0.4) is 0 Å². The number of hydrogen-bond acceptors (Lipinski definition) is 2. The van der Waals surface area contributed by atoms with Crippen molar-refractivity contribution in [2.45, 2.75) is 33.1 Å². The Bertz CT molecular complexity index is 442. The van der Waals surface area contributed by atoms with Gasteiger partial charge in [-0.3, -0.25) is 4.79 Å². The number of benzene rings is 1. The van der Waals surface area contributed by atoms with E-state index in [4.69, 9.17) is 4.74 Å². The molecule has 0 spiro atoms. The third-order valence-corrected chi connectivity index (χ3v) is 3.54. The molecule has 0 aliphatic rings. The van der Waals surface area contributed by atoms with Crippen LogP contribution < -0.4 is 4.74 Å². The zero-order chi connectivity index (χ0) is 14.5. The number of aliphatic carboxylic acids is 1. The van der Waals surface area contributed by atoms with Crippen molar-refractivity contribution in [1.29, 1.82) is 0 Å². The Morgan fingerprint density at radius 3 is 2.42 bits per heavy atom. The Morgan fingerprint density at radius 2 is 1.95 bits per heavy atom. The Hall–Kier alpha value is -1.65. The predicted molar refractivity (Wildman–Crippen MR) is 67.1 cm³/mol. The van der Waals surface area contributed by atoms with E-state index in [9.17, 15) is 18.7 Å². The molecule has 1 aromatic rings. The summed E-state index contributed by atoms with van der Waals surface area (Å²) >= 11 is 0.